The standard InChI is InChI=1S/C12H16N4S/c1-2-3-8-13-12(17)16-11-14-9-6-4-5-7-10(9)15-11/h4-7H,2-3,8H2,1H3,(H3,13,14,15,16,17). The molecule has 4 nitrogen and oxygen atoms in total. The fourth-order valence-electron chi connectivity index (χ4n) is 1.54. The smallest absolute Gasteiger partial charge is 0.207 e. The molecule has 17 heavy (non-hydrogen) atoms. The average Bonchev–Trinajstić information content (AvgIpc) is 2.71. The zero-order valence-electron chi connectivity index (χ0n) is 9.79. The van der Waals surface area contributed by atoms with Crippen LogP contribution in [-0.2, 0) is 0 Å². The van der Waals surface area contributed by atoms with Crippen LogP contribution in [0.15, 0.2) is 24.3 Å². The van der Waals surface area contributed by atoms with E-state index >= 15 is 0 Å². The first-order valence-corrected chi connectivity index (χ1v) is 6.20. The van der Waals surface area contributed by atoms with Crippen LogP contribution in [0.1, 0.15) is 19.8 Å². The topological polar surface area (TPSA) is 52.7 Å². The summed E-state index contributed by atoms with van der Waals surface area (Å²) in [4.78, 5) is 7.55. The molecule has 1 aromatic heterocycles. The van der Waals surface area contributed by atoms with E-state index in [1.165, 1.54) is 0 Å². The summed E-state index contributed by atoms with van der Waals surface area (Å²) in [5.74, 6) is 0.681. The summed E-state index contributed by atoms with van der Waals surface area (Å²) in [6.07, 6.45) is 2.27. The lowest BCUT2D eigenvalue weighted by Crippen LogP contribution is -2.29. The SMILES string of the molecule is CCCCNC(=S)Nc1nc2ccccc2[nH]1. The molecule has 0 unspecified atom stereocenters. The summed E-state index contributed by atoms with van der Waals surface area (Å²) in [5, 5.41) is 6.79. The molecule has 0 fully saturated rings. The van der Waals surface area contributed by atoms with Crippen molar-refractivity contribution in [1.82, 2.24) is 15.3 Å². The number of nitrogens with zero attached hydrogens (tertiary/aromatic N) is 1. The molecule has 90 valence electrons. The zero-order valence-corrected chi connectivity index (χ0v) is 10.6. The molecule has 1 heterocycles. The van der Waals surface area contributed by atoms with Crippen molar-refractivity contribution in [3.8, 4) is 0 Å². The molecule has 0 bridgehead atoms. The first kappa shape index (κ1) is 11.9. The van der Waals surface area contributed by atoms with Crippen molar-refractivity contribution in [2.24, 2.45) is 0 Å². The molecule has 0 radical (unpaired) electrons. The van der Waals surface area contributed by atoms with Gasteiger partial charge >= 0.3 is 0 Å². The highest BCUT2D eigenvalue weighted by Gasteiger charge is 2.02. The minimum absolute atomic E-state index is 0.609. The molecule has 0 saturated heterocycles. The fraction of sp³-hybridized carbons (Fsp3) is 0.333. The van der Waals surface area contributed by atoms with E-state index in [1.54, 1.807) is 0 Å². The zero-order chi connectivity index (χ0) is 12.1. The number of hydrogen-bond acceptors (Lipinski definition) is 2. The summed E-state index contributed by atoms with van der Waals surface area (Å²) < 4.78 is 0. The number of nitrogens with one attached hydrogen (secondary N) is 3. The summed E-state index contributed by atoms with van der Waals surface area (Å²) in [6.45, 7) is 3.04. The Morgan fingerprint density at radius 2 is 2.24 bits per heavy atom. The molecular weight excluding hydrogens is 232 g/mol. The normalized spacial score (nSPS) is 10.4. The lowest BCUT2D eigenvalue weighted by atomic mass is 10.3. The molecule has 0 aliphatic carbocycles. The van der Waals surface area contributed by atoms with Gasteiger partial charge in [-0.25, -0.2) is 4.98 Å². The van der Waals surface area contributed by atoms with Gasteiger partial charge in [-0.05, 0) is 30.8 Å². The number of H-pyrrole nitrogens is 1. The molecule has 0 aliphatic heterocycles. The van der Waals surface area contributed by atoms with Gasteiger partial charge in [0.1, 0.15) is 0 Å². The van der Waals surface area contributed by atoms with E-state index in [0.29, 0.717) is 11.1 Å². The molecule has 0 aliphatic rings. The Morgan fingerprint density at radius 3 is 3.00 bits per heavy atom. The second kappa shape index (κ2) is 5.63. The number of benzene rings is 1. The highest BCUT2D eigenvalue weighted by molar-refractivity contribution is 7.80. The van der Waals surface area contributed by atoms with Crippen molar-refractivity contribution in [2.45, 2.75) is 19.8 Å². The van der Waals surface area contributed by atoms with Crippen molar-refractivity contribution in [3.63, 3.8) is 0 Å². The van der Waals surface area contributed by atoms with Crippen LogP contribution in [0.3, 0.4) is 0 Å². The second-order valence-corrected chi connectivity index (χ2v) is 4.25. The van der Waals surface area contributed by atoms with Crippen LogP contribution in [0.5, 0.6) is 0 Å². The summed E-state index contributed by atoms with van der Waals surface area (Å²) in [5.41, 5.74) is 1.94. The third kappa shape index (κ3) is 3.17. The Hall–Kier alpha value is -1.62. The Bertz CT molecular complexity index is 473. The number of fused-ring (bicyclic) bond motifs is 1. The number of anilines is 1. The van der Waals surface area contributed by atoms with Gasteiger partial charge in [-0.15, -0.1) is 0 Å². The average molecular weight is 248 g/mol. The van der Waals surface area contributed by atoms with Crippen LogP contribution >= 0.6 is 12.2 Å². The van der Waals surface area contributed by atoms with Crippen LogP contribution in [0.2, 0.25) is 0 Å². The Kier molecular flexibility index (Phi) is 3.93. The predicted molar refractivity (Wildman–Crippen MR) is 75.2 cm³/mol. The lowest BCUT2D eigenvalue weighted by Gasteiger charge is -2.06. The van der Waals surface area contributed by atoms with Gasteiger partial charge in [-0.3, -0.25) is 0 Å². The van der Waals surface area contributed by atoms with E-state index in [4.69, 9.17) is 12.2 Å². The monoisotopic (exact) mass is 248 g/mol. The van der Waals surface area contributed by atoms with E-state index in [0.717, 1.165) is 30.4 Å². The maximum absolute atomic E-state index is 5.17. The Morgan fingerprint density at radius 1 is 1.41 bits per heavy atom. The van der Waals surface area contributed by atoms with Gasteiger partial charge in [0.2, 0.25) is 5.95 Å². The number of rotatable bonds is 4. The van der Waals surface area contributed by atoms with Crippen LogP contribution in [0.4, 0.5) is 5.95 Å². The molecule has 0 saturated carbocycles. The van der Waals surface area contributed by atoms with Crippen molar-refractivity contribution in [3.05, 3.63) is 24.3 Å². The van der Waals surface area contributed by atoms with E-state index in [2.05, 4.69) is 27.5 Å². The maximum Gasteiger partial charge on any atom is 0.207 e. The number of unbranched alkanes of at least 4 members (excludes halogenated alkanes) is 1. The number of imidazole rings is 1. The highest BCUT2D eigenvalue weighted by Crippen LogP contribution is 2.12. The molecule has 2 aromatic rings. The van der Waals surface area contributed by atoms with Crippen molar-refractivity contribution >= 4 is 34.3 Å². The molecule has 1 aromatic carbocycles. The molecule has 2 rings (SSSR count). The van der Waals surface area contributed by atoms with E-state index in [1.807, 2.05) is 24.3 Å². The van der Waals surface area contributed by atoms with Gasteiger partial charge in [-0.1, -0.05) is 25.5 Å². The van der Waals surface area contributed by atoms with Crippen molar-refractivity contribution in [2.75, 3.05) is 11.9 Å². The summed E-state index contributed by atoms with van der Waals surface area (Å²) in [6, 6.07) is 7.89. The fourth-order valence-corrected chi connectivity index (χ4v) is 1.74. The molecule has 0 spiro atoms. The molecular formula is C12H16N4S. The van der Waals surface area contributed by atoms with Gasteiger partial charge in [0, 0.05) is 6.54 Å². The molecule has 0 amide bonds. The summed E-state index contributed by atoms with van der Waals surface area (Å²) in [7, 11) is 0. The quantitative estimate of drug-likeness (QED) is 0.575. The van der Waals surface area contributed by atoms with Crippen LogP contribution < -0.4 is 10.6 Å². The van der Waals surface area contributed by atoms with E-state index in [-0.39, 0.29) is 0 Å². The van der Waals surface area contributed by atoms with Gasteiger partial charge in [0.25, 0.3) is 0 Å². The summed E-state index contributed by atoms with van der Waals surface area (Å²) >= 11 is 5.17. The minimum Gasteiger partial charge on any atom is -0.362 e. The second-order valence-electron chi connectivity index (χ2n) is 3.84. The molecule has 5 heteroatoms. The number of aromatic amines is 1. The first-order valence-electron chi connectivity index (χ1n) is 5.79. The van der Waals surface area contributed by atoms with Crippen LogP contribution in [0.25, 0.3) is 11.0 Å². The Labute approximate surface area is 106 Å². The number of thiocarbonyl (C=S) groups is 1. The number of para-hydroxylation sites is 2. The van der Waals surface area contributed by atoms with E-state index in [9.17, 15) is 0 Å². The van der Waals surface area contributed by atoms with Crippen molar-refractivity contribution in [1.29, 1.82) is 0 Å². The van der Waals surface area contributed by atoms with Crippen molar-refractivity contribution < 1.29 is 0 Å². The van der Waals surface area contributed by atoms with Crippen LogP contribution in [0, 0.1) is 0 Å². The first-order chi connectivity index (χ1) is 8.29. The third-order valence-electron chi connectivity index (χ3n) is 2.44. The van der Waals surface area contributed by atoms with Gasteiger partial charge < -0.3 is 15.6 Å². The van der Waals surface area contributed by atoms with Gasteiger partial charge in [0.05, 0.1) is 11.0 Å². The molecule has 3 N–H and O–H groups in total. The highest BCUT2D eigenvalue weighted by atomic mass is 32.1. The van der Waals surface area contributed by atoms with Gasteiger partial charge in [-0.2, -0.15) is 0 Å². The number of hydrogen-bond donors (Lipinski definition) is 3. The maximum atomic E-state index is 5.17. The van der Waals surface area contributed by atoms with Gasteiger partial charge in [0.15, 0.2) is 5.11 Å². The number of aromatic nitrogens is 2. The molecule has 0 atom stereocenters. The largest absolute Gasteiger partial charge is 0.362 e. The van der Waals surface area contributed by atoms with Crippen LogP contribution in [-0.4, -0.2) is 21.6 Å². The Balaban J connectivity index is 1.96. The van der Waals surface area contributed by atoms with E-state index < -0.39 is 0 Å². The lowest BCUT2D eigenvalue weighted by molar-refractivity contribution is 0.758. The predicted octanol–water partition coefficient (Wildman–Crippen LogP) is 2.65. The minimum atomic E-state index is 0.609. The third-order valence-corrected chi connectivity index (χ3v) is 2.68.